The number of nitrogens with one attached hydrogen (secondary N) is 1. The van der Waals surface area contributed by atoms with Crippen LogP contribution in [0.25, 0.3) is 10.8 Å². The van der Waals surface area contributed by atoms with E-state index in [9.17, 15) is 27.2 Å². The maximum Gasteiger partial charge on any atom is 0.419 e. The van der Waals surface area contributed by atoms with E-state index in [1.54, 1.807) is 0 Å². The van der Waals surface area contributed by atoms with Gasteiger partial charge in [0.15, 0.2) is 5.82 Å². The standard InChI is InChI=1S/C22H22F4N4O3/c1-12(13-5-4-6-16(18(13)23)22(24,25)26)27-19-15-10-30(21(2)7-8-33-11-21)17(31)9-14(15)20(32)29(3)28-19/h4-6,9-10,12H,7-8,11H2,1-3H3,(H,27,28)/t12-,21-/m1/s1. The molecule has 7 nitrogen and oxygen atoms in total. The van der Waals surface area contributed by atoms with E-state index < -0.39 is 34.7 Å². The molecule has 0 spiro atoms. The van der Waals surface area contributed by atoms with E-state index in [1.807, 2.05) is 6.92 Å². The van der Waals surface area contributed by atoms with Crippen molar-refractivity contribution in [3.8, 4) is 0 Å². The molecule has 176 valence electrons. The maximum absolute atomic E-state index is 14.7. The smallest absolute Gasteiger partial charge is 0.379 e. The lowest BCUT2D eigenvalue weighted by Crippen LogP contribution is -2.39. The Bertz CT molecular complexity index is 1340. The summed E-state index contributed by atoms with van der Waals surface area (Å²) >= 11 is 0. The van der Waals surface area contributed by atoms with E-state index in [0.29, 0.717) is 31.1 Å². The molecular weight excluding hydrogens is 444 g/mol. The number of alkyl halides is 3. The van der Waals surface area contributed by atoms with Crippen LogP contribution in [-0.4, -0.2) is 27.6 Å². The zero-order valence-corrected chi connectivity index (χ0v) is 18.2. The van der Waals surface area contributed by atoms with Gasteiger partial charge in [0, 0.05) is 36.9 Å². The molecule has 11 heteroatoms. The lowest BCUT2D eigenvalue weighted by molar-refractivity contribution is -0.140. The maximum atomic E-state index is 14.7. The highest BCUT2D eigenvalue weighted by molar-refractivity contribution is 5.90. The lowest BCUT2D eigenvalue weighted by atomic mass is 10.0. The second kappa shape index (κ2) is 7.98. The Balaban J connectivity index is 1.84. The van der Waals surface area contributed by atoms with Crippen LogP contribution < -0.4 is 16.4 Å². The topological polar surface area (TPSA) is 78.2 Å². The van der Waals surface area contributed by atoms with Gasteiger partial charge in [0.1, 0.15) is 5.82 Å². The highest BCUT2D eigenvalue weighted by Crippen LogP contribution is 2.35. The van der Waals surface area contributed by atoms with E-state index in [2.05, 4.69) is 10.4 Å². The molecule has 0 saturated carbocycles. The molecule has 3 heterocycles. The Morgan fingerprint density at radius 1 is 1.24 bits per heavy atom. The highest BCUT2D eigenvalue weighted by atomic mass is 19.4. The Labute approximate surface area is 185 Å². The van der Waals surface area contributed by atoms with Crippen LogP contribution in [0.1, 0.15) is 37.4 Å². The van der Waals surface area contributed by atoms with Gasteiger partial charge in [-0.3, -0.25) is 9.59 Å². The predicted molar refractivity (Wildman–Crippen MR) is 114 cm³/mol. The van der Waals surface area contributed by atoms with Crippen LogP contribution in [0.5, 0.6) is 0 Å². The highest BCUT2D eigenvalue weighted by Gasteiger charge is 2.36. The Hall–Kier alpha value is -3.21. The summed E-state index contributed by atoms with van der Waals surface area (Å²) in [6.45, 7) is 4.13. The zero-order chi connectivity index (χ0) is 24.1. The Morgan fingerprint density at radius 3 is 2.61 bits per heavy atom. The quantitative estimate of drug-likeness (QED) is 0.595. The Kier molecular flexibility index (Phi) is 5.55. The third kappa shape index (κ3) is 4.01. The van der Waals surface area contributed by atoms with Crippen molar-refractivity contribution < 1.29 is 22.3 Å². The third-order valence-electron chi connectivity index (χ3n) is 6.02. The van der Waals surface area contributed by atoms with Gasteiger partial charge >= 0.3 is 6.18 Å². The molecule has 1 aliphatic rings. The SMILES string of the molecule is C[C@@H](Nc1nn(C)c(=O)c2cc(=O)n([C@]3(C)CCOC3)cc12)c1cccc(C(F)(F)F)c1F. The van der Waals surface area contributed by atoms with Crippen LogP contribution in [0.3, 0.4) is 0 Å². The van der Waals surface area contributed by atoms with E-state index >= 15 is 0 Å². The largest absolute Gasteiger partial charge is 0.419 e. The molecule has 0 bridgehead atoms. The van der Waals surface area contributed by atoms with Crippen molar-refractivity contribution in [1.29, 1.82) is 0 Å². The van der Waals surface area contributed by atoms with Crippen LogP contribution in [-0.2, 0) is 23.5 Å². The summed E-state index contributed by atoms with van der Waals surface area (Å²) in [5.41, 5.74) is -3.09. The monoisotopic (exact) mass is 466 g/mol. The minimum Gasteiger partial charge on any atom is -0.379 e. The number of ether oxygens (including phenoxy) is 1. The molecule has 1 N–H and O–H groups in total. The van der Waals surface area contributed by atoms with Crippen LogP contribution in [0, 0.1) is 5.82 Å². The first kappa shape index (κ1) is 23.0. The van der Waals surface area contributed by atoms with Crippen LogP contribution in [0.4, 0.5) is 23.4 Å². The molecule has 1 aromatic carbocycles. The summed E-state index contributed by atoms with van der Waals surface area (Å²) in [6.07, 6.45) is -2.75. The number of halogens is 4. The third-order valence-corrected chi connectivity index (χ3v) is 6.02. The Morgan fingerprint density at radius 2 is 1.97 bits per heavy atom. The van der Waals surface area contributed by atoms with Crippen molar-refractivity contribution in [3.63, 3.8) is 0 Å². The minimum absolute atomic E-state index is 0.0930. The fourth-order valence-corrected chi connectivity index (χ4v) is 4.08. The molecule has 0 amide bonds. The predicted octanol–water partition coefficient (Wildman–Crippen LogP) is 3.56. The summed E-state index contributed by atoms with van der Waals surface area (Å²) in [4.78, 5) is 25.4. The van der Waals surface area contributed by atoms with Crippen molar-refractivity contribution in [2.24, 2.45) is 7.05 Å². The number of rotatable bonds is 4. The summed E-state index contributed by atoms with van der Waals surface area (Å²) < 4.78 is 62.0. The van der Waals surface area contributed by atoms with E-state index in [-0.39, 0.29) is 22.3 Å². The first-order valence-corrected chi connectivity index (χ1v) is 10.3. The van der Waals surface area contributed by atoms with Crippen LogP contribution >= 0.6 is 0 Å². The molecule has 1 saturated heterocycles. The number of hydrogen-bond donors (Lipinski definition) is 1. The number of aromatic nitrogens is 3. The number of nitrogens with zero attached hydrogens (tertiary/aromatic N) is 3. The normalized spacial score (nSPS) is 19.7. The number of anilines is 1. The molecule has 1 fully saturated rings. The van der Waals surface area contributed by atoms with Gasteiger partial charge in [-0.05, 0) is 26.3 Å². The van der Waals surface area contributed by atoms with Crippen molar-refractivity contribution in [3.05, 3.63) is 68.1 Å². The van der Waals surface area contributed by atoms with Gasteiger partial charge in [0.25, 0.3) is 11.1 Å². The van der Waals surface area contributed by atoms with Crippen molar-refractivity contribution in [2.75, 3.05) is 18.5 Å². The fourth-order valence-electron chi connectivity index (χ4n) is 4.08. The second-order valence-electron chi connectivity index (χ2n) is 8.46. The van der Waals surface area contributed by atoms with Gasteiger partial charge in [-0.2, -0.15) is 18.3 Å². The van der Waals surface area contributed by atoms with E-state index in [1.165, 1.54) is 36.9 Å². The molecule has 2 aromatic heterocycles. The summed E-state index contributed by atoms with van der Waals surface area (Å²) in [5.74, 6) is -1.25. The fraction of sp³-hybridized carbons (Fsp3) is 0.409. The number of aryl methyl sites for hydroxylation is 1. The second-order valence-corrected chi connectivity index (χ2v) is 8.46. The van der Waals surface area contributed by atoms with Gasteiger partial charge in [-0.1, -0.05) is 12.1 Å². The summed E-state index contributed by atoms with van der Waals surface area (Å²) in [5, 5.41) is 7.49. The summed E-state index contributed by atoms with van der Waals surface area (Å²) in [7, 11) is 1.39. The van der Waals surface area contributed by atoms with Gasteiger partial charge in [0.05, 0.1) is 29.1 Å². The van der Waals surface area contributed by atoms with E-state index in [4.69, 9.17) is 4.74 Å². The van der Waals surface area contributed by atoms with E-state index in [0.717, 1.165) is 10.7 Å². The molecule has 0 unspecified atom stereocenters. The minimum atomic E-state index is -4.84. The van der Waals surface area contributed by atoms with Gasteiger partial charge < -0.3 is 14.6 Å². The first-order valence-electron chi connectivity index (χ1n) is 10.3. The molecular formula is C22H22F4N4O3. The number of pyridine rings is 1. The van der Waals surface area contributed by atoms with Crippen LogP contribution in [0.15, 0.2) is 40.1 Å². The molecule has 4 rings (SSSR count). The van der Waals surface area contributed by atoms with Crippen LogP contribution in [0.2, 0.25) is 0 Å². The zero-order valence-electron chi connectivity index (χ0n) is 18.2. The number of fused-ring (bicyclic) bond motifs is 1. The summed E-state index contributed by atoms with van der Waals surface area (Å²) in [6, 6.07) is 3.34. The van der Waals surface area contributed by atoms with Gasteiger partial charge in [0.2, 0.25) is 0 Å². The van der Waals surface area contributed by atoms with Crippen molar-refractivity contribution in [1.82, 2.24) is 14.3 Å². The molecule has 2 atom stereocenters. The average molecular weight is 466 g/mol. The number of benzene rings is 1. The first-order chi connectivity index (χ1) is 15.4. The molecule has 1 aliphatic heterocycles. The average Bonchev–Trinajstić information content (AvgIpc) is 3.18. The molecule has 3 aromatic rings. The molecule has 33 heavy (non-hydrogen) atoms. The van der Waals surface area contributed by atoms with Gasteiger partial charge in [-0.15, -0.1) is 0 Å². The molecule has 0 radical (unpaired) electrons. The van der Waals surface area contributed by atoms with Crippen molar-refractivity contribution in [2.45, 2.75) is 38.0 Å². The van der Waals surface area contributed by atoms with Gasteiger partial charge in [-0.25, -0.2) is 9.07 Å². The number of hydrogen-bond acceptors (Lipinski definition) is 5. The van der Waals surface area contributed by atoms with Crippen molar-refractivity contribution >= 4 is 16.6 Å². The molecule has 0 aliphatic carbocycles. The lowest BCUT2D eigenvalue weighted by Gasteiger charge is -2.26.